The van der Waals surface area contributed by atoms with Crippen molar-refractivity contribution in [1.82, 2.24) is 4.90 Å². The summed E-state index contributed by atoms with van der Waals surface area (Å²) in [4.78, 5) is 25.3. The second kappa shape index (κ2) is 10.4. The Kier molecular flexibility index (Phi) is 8.84. The van der Waals surface area contributed by atoms with Crippen LogP contribution < -0.4 is 10.1 Å². The third-order valence-corrected chi connectivity index (χ3v) is 4.22. The zero-order valence-corrected chi connectivity index (χ0v) is 14.9. The number of hydrogen-bond acceptors (Lipinski definition) is 4. The Hall–Kier alpha value is -1.54. The summed E-state index contributed by atoms with van der Waals surface area (Å²) < 4.78 is 28.5. The van der Waals surface area contributed by atoms with Crippen molar-refractivity contribution >= 4 is 40.9 Å². The molecule has 0 saturated carbocycles. The van der Waals surface area contributed by atoms with Gasteiger partial charge in [0.15, 0.2) is 0 Å². The lowest BCUT2D eigenvalue weighted by molar-refractivity contribution is -0.127. The molecule has 1 N–H and O–H groups in total. The van der Waals surface area contributed by atoms with Crippen LogP contribution in [0, 0.1) is 0 Å². The van der Waals surface area contributed by atoms with Crippen LogP contribution in [0.4, 0.5) is 14.5 Å². The van der Waals surface area contributed by atoms with Crippen molar-refractivity contribution in [3.8, 4) is 5.75 Å². The van der Waals surface area contributed by atoms with E-state index in [4.69, 9.17) is 11.6 Å². The van der Waals surface area contributed by atoms with E-state index in [1.165, 1.54) is 30.0 Å². The maximum absolute atomic E-state index is 12.1. The number of ether oxygens (including phenoxy) is 1. The van der Waals surface area contributed by atoms with E-state index in [1.54, 1.807) is 4.90 Å². The molecule has 0 unspecified atom stereocenters. The Morgan fingerprint density at radius 2 is 1.96 bits per heavy atom. The molecule has 24 heavy (non-hydrogen) atoms. The Labute approximate surface area is 148 Å². The Morgan fingerprint density at radius 1 is 1.29 bits per heavy atom. The predicted octanol–water partition coefficient (Wildman–Crippen LogP) is 3.48. The van der Waals surface area contributed by atoms with Gasteiger partial charge in [0.25, 0.3) is 0 Å². The van der Waals surface area contributed by atoms with Crippen molar-refractivity contribution in [3.63, 3.8) is 0 Å². The van der Waals surface area contributed by atoms with E-state index in [2.05, 4.69) is 10.1 Å². The van der Waals surface area contributed by atoms with Gasteiger partial charge in [0.1, 0.15) is 5.75 Å². The van der Waals surface area contributed by atoms with E-state index in [0.717, 1.165) is 0 Å². The Morgan fingerprint density at radius 3 is 2.50 bits per heavy atom. The number of rotatable bonds is 9. The third-order valence-electron chi connectivity index (χ3n) is 3.01. The second-order valence-electron chi connectivity index (χ2n) is 4.63. The fourth-order valence-electron chi connectivity index (χ4n) is 1.87. The van der Waals surface area contributed by atoms with Crippen LogP contribution in [0.1, 0.15) is 13.8 Å². The molecule has 0 fully saturated rings. The van der Waals surface area contributed by atoms with Crippen LogP contribution in [0.25, 0.3) is 0 Å². The summed E-state index contributed by atoms with van der Waals surface area (Å²) in [6.07, 6.45) is 0. The van der Waals surface area contributed by atoms with Crippen molar-refractivity contribution in [2.45, 2.75) is 20.5 Å². The van der Waals surface area contributed by atoms with Crippen molar-refractivity contribution in [1.29, 1.82) is 0 Å². The molecule has 0 aromatic heterocycles. The molecule has 134 valence electrons. The van der Waals surface area contributed by atoms with Gasteiger partial charge in [-0.3, -0.25) is 9.59 Å². The average Bonchev–Trinajstić information content (AvgIpc) is 2.51. The summed E-state index contributed by atoms with van der Waals surface area (Å²) in [5, 5.41) is 2.55. The number of benzene rings is 1. The minimum Gasteiger partial charge on any atom is -0.433 e. The Balaban J connectivity index is 2.45. The van der Waals surface area contributed by atoms with E-state index < -0.39 is 6.61 Å². The lowest BCUT2D eigenvalue weighted by Crippen LogP contribution is -2.32. The number of carbonyl (C=O) groups is 2. The van der Waals surface area contributed by atoms with Crippen molar-refractivity contribution in [2.75, 3.05) is 29.9 Å². The van der Waals surface area contributed by atoms with Gasteiger partial charge in [-0.1, -0.05) is 11.6 Å². The van der Waals surface area contributed by atoms with Crippen LogP contribution in [-0.2, 0) is 9.59 Å². The molecule has 0 bridgehead atoms. The molecule has 1 rings (SSSR count). The quantitative estimate of drug-likeness (QED) is 0.712. The number of halogens is 3. The SMILES string of the molecule is CCN(CC)C(=O)CSCC(=O)Nc1ccc(OC(F)F)c(Cl)c1. The fourth-order valence-corrected chi connectivity index (χ4v) is 2.81. The van der Waals surface area contributed by atoms with Crippen LogP contribution in [0.3, 0.4) is 0 Å². The number of amides is 2. The number of nitrogens with zero attached hydrogens (tertiary/aromatic N) is 1. The van der Waals surface area contributed by atoms with Crippen LogP contribution in [-0.4, -0.2) is 47.9 Å². The van der Waals surface area contributed by atoms with E-state index in [1.807, 2.05) is 13.8 Å². The minimum atomic E-state index is -2.97. The molecular weight excluding hydrogens is 362 g/mol. The molecular formula is C15H19ClF2N2O3S. The van der Waals surface area contributed by atoms with Gasteiger partial charge in [-0.2, -0.15) is 8.78 Å². The summed E-state index contributed by atoms with van der Waals surface area (Å²) >= 11 is 7.01. The molecule has 5 nitrogen and oxygen atoms in total. The number of thioether (sulfide) groups is 1. The highest BCUT2D eigenvalue weighted by Gasteiger charge is 2.12. The highest BCUT2D eigenvalue weighted by molar-refractivity contribution is 8.00. The standard InChI is InChI=1S/C15H19ClF2N2O3S/c1-3-20(4-2)14(22)9-24-8-13(21)19-10-5-6-12(11(16)7-10)23-15(17)18/h5-7,15H,3-4,8-9H2,1-2H3,(H,19,21). The average molecular weight is 381 g/mol. The zero-order chi connectivity index (χ0) is 18.1. The molecule has 0 heterocycles. The molecule has 2 amide bonds. The first-order valence-corrected chi connectivity index (χ1v) is 8.80. The van der Waals surface area contributed by atoms with E-state index in [0.29, 0.717) is 18.8 Å². The maximum atomic E-state index is 12.1. The van der Waals surface area contributed by atoms with Crippen molar-refractivity contribution in [3.05, 3.63) is 23.2 Å². The molecule has 1 aromatic rings. The van der Waals surface area contributed by atoms with E-state index >= 15 is 0 Å². The van der Waals surface area contributed by atoms with Crippen molar-refractivity contribution < 1.29 is 23.1 Å². The van der Waals surface area contributed by atoms with Gasteiger partial charge >= 0.3 is 6.61 Å². The molecule has 0 radical (unpaired) electrons. The lowest BCUT2D eigenvalue weighted by atomic mass is 10.3. The summed E-state index contributed by atoms with van der Waals surface area (Å²) in [7, 11) is 0. The number of alkyl halides is 2. The predicted molar refractivity (Wildman–Crippen MR) is 92.0 cm³/mol. The molecule has 9 heteroatoms. The normalized spacial score (nSPS) is 10.6. The first-order valence-electron chi connectivity index (χ1n) is 7.27. The largest absolute Gasteiger partial charge is 0.433 e. The Bertz CT molecular complexity index is 572. The van der Waals surface area contributed by atoms with E-state index in [9.17, 15) is 18.4 Å². The first kappa shape index (κ1) is 20.5. The van der Waals surface area contributed by atoms with Gasteiger partial charge in [0.05, 0.1) is 16.5 Å². The molecule has 0 atom stereocenters. The van der Waals surface area contributed by atoms with Crippen LogP contribution >= 0.6 is 23.4 Å². The highest BCUT2D eigenvalue weighted by Crippen LogP contribution is 2.28. The van der Waals surface area contributed by atoms with Crippen LogP contribution in [0.15, 0.2) is 18.2 Å². The van der Waals surface area contributed by atoms with Crippen LogP contribution in [0.2, 0.25) is 5.02 Å². The van der Waals surface area contributed by atoms with Gasteiger partial charge in [-0.05, 0) is 32.0 Å². The third kappa shape index (κ3) is 6.92. The number of nitrogens with one attached hydrogen (secondary N) is 1. The zero-order valence-electron chi connectivity index (χ0n) is 13.4. The second-order valence-corrected chi connectivity index (χ2v) is 6.02. The lowest BCUT2D eigenvalue weighted by Gasteiger charge is -2.18. The summed E-state index contributed by atoms with van der Waals surface area (Å²) in [6.45, 7) is 2.08. The van der Waals surface area contributed by atoms with Gasteiger partial charge in [-0.15, -0.1) is 11.8 Å². The first-order chi connectivity index (χ1) is 11.4. The molecule has 0 saturated heterocycles. The monoisotopic (exact) mass is 380 g/mol. The molecule has 0 spiro atoms. The minimum absolute atomic E-state index is 0.0191. The summed E-state index contributed by atoms with van der Waals surface area (Å²) in [5.74, 6) is -0.180. The number of hydrogen-bond donors (Lipinski definition) is 1. The summed E-state index contributed by atoms with van der Waals surface area (Å²) in [5.41, 5.74) is 0.363. The highest BCUT2D eigenvalue weighted by atomic mass is 35.5. The number of anilines is 1. The molecule has 0 aliphatic carbocycles. The van der Waals surface area contributed by atoms with Crippen LogP contribution in [0.5, 0.6) is 5.75 Å². The molecule has 0 aliphatic heterocycles. The summed E-state index contributed by atoms with van der Waals surface area (Å²) in [6, 6.07) is 3.98. The van der Waals surface area contributed by atoms with Gasteiger partial charge in [-0.25, -0.2) is 0 Å². The molecule has 0 aliphatic rings. The van der Waals surface area contributed by atoms with Gasteiger partial charge in [0, 0.05) is 18.8 Å². The molecule has 1 aromatic carbocycles. The van der Waals surface area contributed by atoms with Gasteiger partial charge < -0.3 is 15.0 Å². The smallest absolute Gasteiger partial charge is 0.387 e. The fraction of sp³-hybridized carbons (Fsp3) is 0.467. The topological polar surface area (TPSA) is 58.6 Å². The van der Waals surface area contributed by atoms with Gasteiger partial charge in [0.2, 0.25) is 11.8 Å². The van der Waals surface area contributed by atoms with E-state index in [-0.39, 0.29) is 34.1 Å². The maximum Gasteiger partial charge on any atom is 0.387 e. The number of carbonyl (C=O) groups excluding carboxylic acids is 2. The van der Waals surface area contributed by atoms with Crippen molar-refractivity contribution in [2.24, 2.45) is 0 Å².